The second kappa shape index (κ2) is 11.8. The fraction of sp³-hybridized carbons (Fsp3) is 0.833. The molecule has 0 bridgehead atoms. The molecule has 0 amide bonds. The second-order valence-electron chi connectivity index (χ2n) is 4.17. The maximum atomic E-state index is 7.43. The molecule has 0 unspecified atom stereocenters. The van der Waals surface area contributed by atoms with Crippen molar-refractivity contribution in [3.8, 4) is 0 Å². The molecule has 0 saturated carbocycles. The van der Waals surface area contributed by atoms with Crippen LogP contribution in [0.5, 0.6) is 0 Å². The van der Waals surface area contributed by atoms with Crippen molar-refractivity contribution in [1.82, 2.24) is 0 Å². The highest BCUT2D eigenvalue weighted by Gasteiger charge is 1.96. The fourth-order valence-corrected chi connectivity index (χ4v) is 2.27. The van der Waals surface area contributed by atoms with Gasteiger partial charge in [-0.2, -0.15) is 4.99 Å². The Labute approximate surface area is 109 Å². The third-order valence-electron chi connectivity index (χ3n) is 2.47. The molecule has 0 aromatic carbocycles. The quantitative estimate of drug-likeness (QED) is 0.337. The average Bonchev–Trinajstić information content (AvgIpc) is 2.26. The topological polar surface area (TPSA) is 88.2 Å². The number of nitrogens with one attached hydrogen (secondary N) is 1. The summed E-state index contributed by atoms with van der Waals surface area (Å²) in [6, 6.07) is 0. The number of hydrogen-bond acceptors (Lipinski definition) is 2. The standard InChI is InChI=1S/C12H26N4S/c1-2-3-4-5-6-7-8-9-10-17-12(15)16-11(13)14/h2-10H2,1H3,(H5,13,14,15,16). The zero-order valence-electron chi connectivity index (χ0n) is 10.9. The summed E-state index contributed by atoms with van der Waals surface area (Å²) in [5.74, 6) is 0.906. The summed E-state index contributed by atoms with van der Waals surface area (Å²) in [4.78, 5) is 3.66. The van der Waals surface area contributed by atoms with Crippen molar-refractivity contribution in [2.24, 2.45) is 16.5 Å². The van der Waals surface area contributed by atoms with Crippen LogP contribution in [0.2, 0.25) is 0 Å². The summed E-state index contributed by atoms with van der Waals surface area (Å²) >= 11 is 1.41. The van der Waals surface area contributed by atoms with Crippen molar-refractivity contribution in [3.63, 3.8) is 0 Å². The summed E-state index contributed by atoms with van der Waals surface area (Å²) in [5, 5.41) is 7.64. The average molecular weight is 258 g/mol. The first-order valence-corrected chi connectivity index (χ1v) is 7.46. The van der Waals surface area contributed by atoms with Crippen LogP contribution in [0, 0.1) is 5.41 Å². The van der Waals surface area contributed by atoms with Crippen molar-refractivity contribution in [2.45, 2.75) is 58.3 Å². The molecule has 5 heteroatoms. The van der Waals surface area contributed by atoms with E-state index < -0.39 is 0 Å². The van der Waals surface area contributed by atoms with Gasteiger partial charge in [0.05, 0.1) is 0 Å². The summed E-state index contributed by atoms with van der Waals surface area (Å²) in [6.07, 6.45) is 10.4. The molecule has 0 spiro atoms. The maximum Gasteiger partial charge on any atom is 0.193 e. The van der Waals surface area contributed by atoms with Crippen molar-refractivity contribution < 1.29 is 0 Å². The number of thioether (sulfide) groups is 1. The van der Waals surface area contributed by atoms with Gasteiger partial charge in [-0.05, 0) is 6.42 Å². The first-order chi connectivity index (χ1) is 8.16. The van der Waals surface area contributed by atoms with Crippen LogP contribution in [-0.2, 0) is 0 Å². The molecular weight excluding hydrogens is 232 g/mol. The number of rotatable bonds is 9. The molecular formula is C12H26N4S. The van der Waals surface area contributed by atoms with Crippen LogP contribution >= 0.6 is 11.8 Å². The van der Waals surface area contributed by atoms with E-state index in [1.165, 1.54) is 56.7 Å². The Balaban J connectivity index is 3.18. The molecule has 4 nitrogen and oxygen atoms in total. The third kappa shape index (κ3) is 13.2. The first kappa shape index (κ1) is 16.3. The van der Waals surface area contributed by atoms with Gasteiger partial charge in [0.2, 0.25) is 0 Å². The van der Waals surface area contributed by atoms with Gasteiger partial charge in [-0.3, -0.25) is 5.41 Å². The second-order valence-corrected chi connectivity index (χ2v) is 5.25. The molecule has 0 fully saturated rings. The number of guanidine groups is 1. The number of hydrogen-bond donors (Lipinski definition) is 3. The van der Waals surface area contributed by atoms with Crippen LogP contribution in [0.1, 0.15) is 58.3 Å². The predicted molar refractivity (Wildman–Crippen MR) is 78.6 cm³/mol. The number of nitrogens with zero attached hydrogens (tertiary/aromatic N) is 1. The molecule has 0 heterocycles. The van der Waals surface area contributed by atoms with Crippen LogP contribution in [0.4, 0.5) is 0 Å². The van der Waals surface area contributed by atoms with Gasteiger partial charge in [0.15, 0.2) is 11.1 Å². The van der Waals surface area contributed by atoms with Gasteiger partial charge >= 0.3 is 0 Å². The molecule has 100 valence electrons. The fourth-order valence-electron chi connectivity index (χ4n) is 1.55. The number of unbranched alkanes of at least 4 members (excludes halogenated alkanes) is 7. The van der Waals surface area contributed by atoms with Crippen molar-refractivity contribution in [2.75, 3.05) is 5.75 Å². The predicted octanol–water partition coefficient (Wildman–Crippen LogP) is 3.07. The van der Waals surface area contributed by atoms with Crippen molar-refractivity contribution >= 4 is 22.9 Å². The lowest BCUT2D eigenvalue weighted by atomic mass is 10.1. The molecule has 0 aliphatic rings. The highest BCUT2D eigenvalue weighted by atomic mass is 32.2. The van der Waals surface area contributed by atoms with Crippen molar-refractivity contribution in [3.05, 3.63) is 0 Å². The monoisotopic (exact) mass is 258 g/mol. The van der Waals surface area contributed by atoms with E-state index in [2.05, 4.69) is 11.9 Å². The molecule has 0 saturated heterocycles. The molecule has 0 radical (unpaired) electrons. The maximum absolute atomic E-state index is 7.43. The molecule has 0 aliphatic carbocycles. The van der Waals surface area contributed by atoms with Gasteiger partial charge in [-0.15, -0.1) is 0 Å². The number of aliphatic imine (C=N–C) groups is 1. The van der Waals surface area contributed by atoms with E-state index in [0.29, 0.717) is 0 Å². The van der Waals surface area contributed by atoms with Gasteiger partial charge in [-0.25, -0.2) is 0 Å². The van der Waals surface area contributed by atoms with Crippen LogP contribution in [0.15, 0.2) is 4.99 Å². The van der Waals surface area contributed by atoms with E-state index in [0.717, 1.165) is 12.2 Å². The van der Waals surface area contributed by atoms with E-state index in [1.807, 2.05) is 0 Å². The lowest BCUT2D eigenvalue weighted by Crippen LogP contribution is -2.23. The Bertz CT molecular complexity index is 225. The molecule has 5 N–H and O–H groups in total. The van der Waals surface area contributed by atoms with Crippen LogP contribution in [-0.4, -0.2) is 16.9 Å². The zero-order chi connectivity index (χ0) is 12.9. The SMILES string of the molecule is CCCCCCCCCCSC(=N)N=C(N)N. The molecule has 0 aromatic heterocycles. The minimum Gasteiger partial charge on any atom is -0.370 e. The van der Waals surface area contributed by atoms with Crippen LogP contribution in [0.25, 0.3) is 0 Å². The molecule has 0 aliphatic heterocycles. The van der Waals surface area contributed by atoms with Crippen LogP contribution in [0.3, 0.4) is 0 Å². The molecule has 0 rings (SSSR count). The third-order valence-corrected chi connectivity index (χ3v) is 3.32. The summed E-state index contributed by atoms with van der Waals surface area (Å²) in [6.45, 7) is 2.24. The minimum atomic E-state index is -0.0292. The van der Waals surface area contributed by atoms with Crippen LogP contribution < -0.4 is 11.5 Å². The molecule has 0 atom stereocenters. The van der Waals surface area contributed by atoms with Gasteiger partial charge in [0.1, 0.15) is 0 Å². The van der Waals surface area contributed by atoms with E-state index in [-0.39, 0.29) is 11.1 Å². The van der Waals surface area contributed by atoms with E-state index in [9.17, 15) is 0 Å². The minimum absolute atomic E-state index is 0.0292. The van der Waals surface area contributed by atoms with Gasteiger partial charge < -0.3 is 11.5 Å². The lowest BCUT2D eigenvalue weighted by Gasteiger charge is -2.01. The Morgan fingerprint density at radius 1 is 1.00 bits per heavy atom. The lowest BCUT2D eigenvalue weighted by molar-refractivity contribution is 0.586. The van der Waals surface area contributed by atoms with Crippen molar-refractivity contribution in [1.29, 1.82) is 5.41 Å². The smallest absolute Gasteiger partial charge is 0.193 e. The van der Waals surface area contributed by atoms with E-state index in [4.69, 9.17) is 16.9 Å². The highest BCUT2D eigenvalue weighted by molar-refractivity contribution is 8.13. The Hall–Kier alpha value is -0.710. The Morgan fingerprint density at radius 3 is 2.06 bits per heavy atom. The first-order valence-electron chi connectivity index (χ1n) is 6.47. The van der Waals surface area contributed by atoms with Gasteiger partial charge in [0, 0.05) is 5.75 Å². The number of amidine groups is 1. The Morgan fingerprint density at radius 2 is 1.53 bits per heavy atom. The van der Waals surface area contributed by atoms with Gasteiger partial charge in [-0.1, -0.05) is 63.6 Å². The number of nitrogens with two attached hydrogens (primary N) is 2. The summed E-state index contributed by atoms with van der Waals surface area (Å²) < 4.78 is 0. The van der Waals surface area contributed by atoms with E-state index >= 15 is 0 Å². The summed E-state index contributed by atoms with van der Waals surface area (Å²) in [5.41, 5.74) is 10.4. The van der Waals surface area contributed by atoms with Gasteiger partial charge in [0.25, 0.3) is 0 Å². The Kier molecular flexibility index (Phi) is 11.3. The van der Waals surface area contributed by atoms with E-state index in [1.54, 1.807) is 0 Å². The molecule has 17 heavy (non-hydrogen) atoms. The summed E-state index contributed by atoms with van der Waals surface area (Å²) in [7, 11) is 0. The normalized spacial score (nSPS) is 10.2. The highest BCUT2D eigenvalue weighted by Crippen LogP contribution is 2.12. The largest absolute Gasteiger partial charge is 0.370 e. The molecule has 0 aromatic rings. The zero-order valence-corrected chi connectivity index (χ0v) is 11.7.